The van der Waals surface area contributed by atoms with Gasteiger partial charge in [0.15, 0.2) is 0 Å². The minimum Gasteiger partial charge on any atom is -0.446 e. The zero-order valence-electron chi connectivity index (χ0n) is 14.0. The van der Waals surface area contributed by atoms with E-state index in [2.05, 4.69) is 34.5 Å². The van der Waals surface area contributed by atoms with Crippen molar-refractivity contribution < 1.29 is 9.53 Å². The summed E-state index contributed by atoms with van der Waals surface area (Å²) in [5.74, 6) is 0. The Bertz CT molecular complexity index is 468. The van der Waals surface area contributed by atoms with E-state index < -0.39 is 0 Å². The van der Waals surface area contributed by atoms with Crippen LogP contribution in [0.2, 0.25) is 0 Å². The second-order valence-corrected chi connectivity index (χ2v) is 7.09. The molecule has 0 spiro atoms. The molecule has 1 aliphatic rings. The predicted molar refractivity (Wildman–Crippen MR) is 88.7 cm³/mol. The summed E-state index contributed by atoms with van der Waals surface area (Å²) in [6.45, 7) is 8.90. The molecule has 1 amide bonds. The number of hydrogen-bond acceptors (Lipinski definition) is 3. The predicted octanol–water partition coefficient (Wildman–Crippen LogP) is 3.57. The van der Waals surface area contributed by atoms with Crippen LogP contribution in [0.4, 0.5) is 4.79 Å². The molecular formula is C18H28N2O2. The molecule has 122 valence electrons. The van der Waals surface area contributed by atoms with Gasteiger partial charge in [0, 0.05) is 18.6 Å². The Morgan fingerprint density at radius 2 is 1.95 bits per heavy atom. The number of nitrogens with zero attached hydrogens (tertiary/aromatic N) is 1. The molecule has 4 nitrogen and oxygen atoms in total. The van der Waals surface area contributed by atoms with Gasteiger partial charge in [0.2, 0.25) is 0 Å². The van der Waals surface area contributed by atoms with Crippen molar-refractivity contribution in [1.82, 2.24) is 10.2 Å². The number of benzene rings is 1. The maximum Gasteiger partial charge on any atom is 0.407 e. The second kappa shape index (κ2) is 7.63. The quantitative estimate of drug-likeness (QED) is 0.928. The first-order chi connectivity index (χ1) is 10.4. The Balaban J connectivity index is 1.79. The van der Waals surface area contributed by atoms with Gasteiger partial charge in [0.1, 0.15) is 6.10 Å². The van der Waals surface area contributed by atoms with Crippen molar-refractivity contribution in [3.8, 4) is 0 Å². The third-order valence-corrected chi connectivity index (χ3v) is 3.77. The van der Waals surface area contributed by atoms with Crippen molar-refractivity contribution in [2.75, 3.05) is 13.1 Å². The Morgan fingerprint density at radius 3 is 2.64 bits per heavy atom. The smallest absolute Gasteiger partial charge is 0.407 e. The SMILES string of the molecule is CC(C)(C)NC(=O)OC1CCCN(Cc2ccccc2)CC1. The van der Waals surface area contributed by atoms with Crippen LogP contribution in [0.5, 0.6) is 0 Å². The van der Waals surface area contributed by atoms with E-state index in [1.54, 1.807) is 0 Å². The van der Waals surface area contributed by atoms with Crippen LogP contribution in [0.1, 0.15) is 45.6 Å². The van der Waals surface area contributed by atoms with Crippen molar-refractivity contribution in [1.29, 1.82) is 0 Å². The molecule has 0 aliphatic carbocycles. The van der Waals surface area contributed by atoms with Crippen molar-refractivity contribution in [2.24, 2.45) is 0 Å². The molecule has 1 aliphatic heterocycles. The number of likely N-dealkylation sites (tertiary alicyclic amines) is 1. The van der Waals surface area contributed by atoms with Crippen LogP contribution in [-0.2, 0) is 11.3 Å². The third-order valence-electron chi connectivity index (χ3n) is 3.77. The lowest BCUT2D eigenvalue weighted by atomic mass is 10.1. The second-order valence-electron chi connectivity index (χ2n) is 7.09. The number of alkyl carbamates (subject to hydrolysis) is 1. The Kier molecular flexibility index (Phi) is 5.83. The summed E-state index contributed by atoms with van der Waals surface area (Å²) in [7, 11) is 0. The number of hydrogen-bond donors (Lipinski definition) is 1. The van der Waals surface area contributed by atoms with E-state index in [4.69, 9.17) is 4.74 Å². The standard InChI is InChI=1S/C18H28N2O2/c1-18(2,3)19-17(21)22-16-10-7-12-20(13-11-16)14-15-8-5-4-6-9-15/h4-6,8-9,16H,7,10-14H2,1-3H3,(H,19,21). The molecule has 1 aromatic carbocycles. The summed E-state index contributed by atoms with van der Waals surface area (Å²) in [6, 6.07) is 10.5. The van der Waals surface area contributed by atoms with Crippen molar-refractivity contribution in [3.05, 3.63) is 35.9 Å². The van der Waals surface area contributed by atoms with Gasteiger partial charge in [0.25, 0.3) is 0 Å². The van der Waals surface area contributed by atoms with Crippen LogP contribution < -0.4 is 5.32 Å². The summed E-state index contributed by atoms with van der Waals surface area (Å²) in [4.78, 5) is 14.3. The molecule has 1 atom stereocenters. The molecule has 0 bridgehead atoms. The normalized spacial score (nSPS) is 20.2. The van der Waals surface area contributed by atoms with E-state index in [1.807, 2.05) is 26.8 Å². The van der Waals surface area contributed by atoms with E-state index in [9.17, 15) is 4.79 Å². The number of carbonyl (C=O) groups excluding carboxylic acids is 1. The molecule has 1 saturated heterocycles. The van der Waals surface area contributed by atoms with Crippen LogP contribution in [-0.4, -0.2) is 35.7 Å². The average Bonchev–Trinajstić information content (AvgIpc) is 2.63. The lowest BCUT2D eigenvalue weighted by molar-refractivity contribution is 0.0827. The van der Waals surface area contributed by atoms with Crippen LogP contribution in [0.3, 0.4) is 0 Å². The van der Waals surface area contributed by atoms with E-state index in [0.29, 0.717) is 0 Å². The minimum atomic E-state index is -0.297. The number of nitrogens with one attached hydrogen (secondary N) is 1. The van der Waals surface area contributed by atoms with Gasteiger partial charge >= 0.3 is 6.09 Å². The minimum absolute atomic E-state index is 0.0307. The number of amides is 1. The molecule has 2 rings (SSSR count). The van der Waals surface area contributed by atoms with Crippen molar-refractivity contribution >= 4 is 6.09 Å². The van der Waals surface area contributed by atoms with Gasteiger partial charge in [-0.1, -0.05) is 30.3 Å². The van der Waals surface area contributed by atoms with Crippen LogP contribution in [0, 0.1) is 0 Å². The molecule has 1 heterocycles. The van der Waals surface area contributed by atoms with Gasteiger partial charge in [-0.25, -0.2) is 4.79 Å². The highest BCUT2D eigenvalue weighted by atomic mass is 16.6. The summed E-state index contributed by atoms with van der Waals surface area (Å²) in [5.41, 5.74) is 1.09. The summed E-state index contributed by atoms with van der Waals surface area (Å²) in [5, 5.41) is 2.86. The van der Waals surface area contributed by atoms with Crippen LogP contribution >= 0.6 is 0 Å². The highest BCUT2D eigenvalue weighted by Crippen LogP contribution is 2.17. The fourth-order valence-corrected chi connectivity index (χ4v) is 2.73. The zero-order chi connectivity index (χ0) is 16.0. The van der Waals surface area contributed by atoms with Crippen LogP contribution in [0.15, 0.2) is 30.3 Å². The molecule has 0 radical (unpaired) electrons. The first kappa shape index (κ1) is 16.8. The zero-order valence-corrected chi connectivity index (χ0v) is 14.0. The van der Waals surface area contributed by atoms with Gasteiger partial charge < -0.3 is 10.1 Å². The average molecular weight is 304 g/mol. The highest BCUT2D eigenvalue weighted by molar-refractivity contribution is 5.68. The third kappa shape index (κ3) is 6.06. The summed E-state index contributed by atoms with van der Waals surface area (Å²) < 4.78 is 5.57. The first-order valence-electron chi connectivity index (χ1n) is 8.17. The Morgan fingerprint density at radius 1 is 1.23 bits per heavy atom. The summed E-state index contributed by atoms with van der Waals surface area (Å²) in [6.07, 6.45) is 2.66. The summed E-state index contributed by atoms with van der Waals surface area (Å²) >= 11 is 0. The van der Waals surface area contributed by atoms with E-state index in [-0.39, 0.29) is 17.7 Å². The number of rotatable bonds is 3. The van der Waals surface area contributed by atoms with Gasteiger partial charge in [-0.05, 0) is 52.1 Å². The van der Waals surface area contributed by atoms with Crippen molar-refractivity contribution in [2.45, 2.75) is 58.2 Å². The van der Waals surface area contributed by atoms with E-state index in [1.165, 1.54) is 5.56 Å². The molecule has 1 N–H and O–H groups in total. The number of ether oxygens (including phenoxy) is 1. The fourth-order valence-electron chi connectivity index (χ4n) is 2.73. The Labute approximate surface area is 133 Å². The molecule has 1 fully saturated rings. The molecule has 4 heteroatoms. The lowest BCUT2D eigenvalue weighted by Gasteiger charge is -2.23. The monoisotopic (exact) mass is 304 g/mol. The topological polar surface area (TPSA) is 41.6 Å². The van der Waals surface area contributed by atoms with Gasteiger partial charge in [-0.3, -0.25) is 4.90 Å². The van der Waals surface area contributed by atoms with E-state index in [0.717, 1.165) is 38.9 Å². The molecule has 0 aromatic heterocycles. The van der Waals surface area contributed by atoms with E-state index >= 15 is 0 Å². The van der Waals surface area contributed by atoms with Gasteiger partial charge in [0.05, 0.1) is 0 Å². The maximum absolute atomic E-state index is 11.9. The highest BCUT2D eigenvalue weighted by Gasteiger charge is 2.22. The van der Waals surface area contributed by atoms with Crippen molar-refractivity contribution in [3.63, 3.8) is 0 Å². The molecule has 22 heavy (non-hydrogen) atoms. The molecular weight excluding hydrogens is 276 g/mol. The van der Waals surface area contributed by atoms with Crippen LogP contribution in [0.25, 0.3) is 0 Å². The molecule has 1 unspecified atom stereocenters. The fraction of sp³-hybridized carbons (Fsp3) is 0.611. The lowest BCUT2D eigenvalue weighted by Crippen LogP contribution is -2.42. The maximum atomic E-state index is 11.9. The molecule has 1 aromatic rings. The largest absolute Gasteiger partial charge is 0.446 e. The Hall–Kier alpha value is -1.55. The van der Waals surface area contributed by atoms with Gasteiger partial charge in [-0.2, -0.15) is 0 Å². The van der Waals surface area contributed by atoms with Gasteiger partial charge in [-0.15, -0.1) is 0 Å². The molecule has 0 saturated carbocycles. The first-order valence-corrected chi connectivity index (χ1v) is 8.17. The number of carbonyl (C=O) groups is 1.